The number of nitrogens with one attached hydrogen (secondary N) is 4. The van der Waals surface area contributed by atoms with Gasteiger partial charge < -0.3 is 40.9 Å². The van der Waals surface area contributed by atoms with Crippen LogP contribution in [0.2, 0.25) is 0 Å². The van der Waals surface area contributed by atoms with Crippen LogP contribution < -0.4 is 16.4 Å². The van der Waals surface area contributed by atoms with Crippen LogP contribution in [-0.4, -0.2) is 93.1 Å². The van der Waals surface area contributed by atoms with Gasteiger partial charge in [-0.05, 0) is 111 Å². The first kappa shape index (κ1) is 37.4. The third-order valence-corrected chi connectivity index (χ3v) is 10.2. The highest BCUT2D eigenvalue weighted by Crippen LogP contribution is 2.28. The van der Waals surface area contributed by atoms with Crippen molar-refractivity contribution >= 4 is 28.8 Å². The van der Waals surface area contributed by atoms with Gasteiger partial charge in [0.05, 0.1) is 11.5 Å². The highest BCUT2D eigenvalue weighted by Gasteiger charge is 2.37. The molecule has 2 aliphatic heterocycles. The van der Waals surface area contributed by atoms with Gasteiger partial charge in [-0.1, -0.05) is 24.6 Å². The van der Waals surface area contributed by atoms with E-state index in [4.69, 9.17) is 15.5 Å². The number of H-pyrrole nitrogens is 2. The number of benzene rings is 1. The summed E-state index contributed by atoms with van der Waals surface area (Å²) >= 11 is 0. The molecule has 0 unspecified atom stereocenters. The summed E-state index contributed by atoms with van der Waals surface area (Å²) in [6.07, 6.45) is 11.8. The lowest BCUT2D eigenvalue weighted by Gasteiger charge is -2.40. The molecule has 5 rings (SSSR count). The summed E-state index contributed by atoms with van der Waals surface area (Å²) in [6, 6.07) is 7.26. The summed E-state index contributed by atoms with van der Waals surface area (Å²) in [5.74, 6) is -0.232. The van der Waals surface area contributed by atoms with Gasteiger partial charge in [-0.25, -0.2) is 14.6 Å². The van der Waals surface area contributed by atoms with E-state index in [1.807, 2.05) is 50.1 Å². The number of piperidine rings is 2. The zero-order valence-corrected chi connectivity index (χ0v) is 30.6. The van der Waals surface area contributed by atoms with Gasteiger partial charge in [0, 0.05) is 56.0 Å². The molecule has 0 radical (unpaired) electrons. The van der Waals surface area contributed by atoms with Crippen molar-refractivity contribution in [2.45, 2.75) is 122 Å². The van der Waals surface area contributed by atoms with Crippen molar-refractivity contribution in [3.8, 4) is 0 Å². The van der Waals surface area contributed by atoms with Gasteiger partial charge in [-0.2, -0.15) is 0 Å². The van der Waals surface area contributed by atoms with Crippen LogP contribution in [0.5, 0.6) is 0 Å². The maximum Gasteiger partial charge on any atom is 0.329 e. The third kappa shape index (κ3) is 9.45. The van der Waals surface area contributed by atoms with Crippen molar-refractivity contribution in [3.05, 3.63) is 53.7 Å². The van der Waals surface area contributed by atoms with Crippen LogP contribution in [0, 0.1) is 0 Å². The van der Waals surface area contributed by atoms with Gasteiger partial charge in [-0.3, -0.25) is 4.79 Å². The molecule has 2 saturated heterocycles. The summed E-state index contributed by atoms with van der Waals surface area (Å²) in [5, 5.41) is 7.32. The molecule has 2 aliphatic rings. The summed E-state index contributed by atoms with van der Waals surface area (Å²) in [6.45, 7) is 13.3. The Balaban J connectivity index is 0.00000583. The van der Waals surface area contributed by atoms with Crippen molar-refractivity contribution in [1.82, 2.24) is 35.4 Å². The Kier molecular flexibility index (Phi) is 12.3. The second-order valence-electron chi connectivity index (χ2n) is 15.5. The number of rotatable bonds is 13. The predicted molar refractivity (Wildman–Crippen MR) is 198 cm³/mol. The summed E-state index contributed by atoms with van der Waals surface area (Å²) in [7, 11) is 0. The molecule has 1 aromatic carbocycles. The number of imidazole rings is 1. The van der Waals surface area contributed by atoms with Crippen LogP contribution in [-0.2, 0) is 26.2 Å². The van der Waals surface area contributed by atoms with Crippen molar-refractivity contribution in [1.29, 1.82) is 0 Å². The average molecular weight is 693 g/mol. The molecular formula is C38H60N8O4. The van der Waals surface area contributed by atoms with Crippen LogP contribution in [0.1, 0.15) is 111 Å². The molecule has 2 aromatic heterocycles. The lowest BCUT2D eigenvalue weighted by atomic mass is 9.88. The van der Waals surface area contributed by atoms with Crippen LogP contribution in [0.25, 0.3) is 10.9 Å². The summed E-state index contributed by atoms with van der Waals surface area (Å²) in [4.78, 5) is 56.7. The fraction of sp³-hybridized carbons (Fsp3) is 0.632. The minimum absolute atomic E-state index is 0. The molecular weight excluding hydrogens is 632 g/mol. The Morgan fingerprint density at radius 3 is 2.44 bits per heavy atom. The Morgan fingerprint density at radius 2 is 1.74 bits per heavy atom. The quantitative estimate of drug-likeness (QED) is 0.120. The highest BCUT2D eigenvalue weighted by molar-refractivity contribution is 5.91. The SMILES string of the molecule is CC(C)(C)OC(=O)[C@@H](CCCCN)NC(=O)C(C)(C)c1cnc([C@@H](Cc2c[nH]c3ccccc23)NC(=O)N2CCC(N3CCCCC3)CC2)[nH]1.[HH]. The van der Waals surface area contributed by atoms with Crippen molar-refractivity contribution in [2.24, 2.45) is 5.73 Å². The van der Waals surface area contributed by atoms with Crippen LogP contribution in [0.15, 0.2) is 36.7 Å². The number of nitrogens with zero attached hydrogens (tertiary/aromatic N) is 3. The first-order valence-electron chi connectivity index (χ1n) is 18.5. The van der Waals surface area contributed by atoms with Gasteiger partial charge in [0.15, 0.2) is 0 Å². The molecule has 50 heavy (non-hydrogen) atoms. The average Bonchev–Trinajstić information content (AvgIpc) is 3.76. The molecule has 0 spiro atoms. The maximum atomic E-state index is 13.8. The Labute approximate surface area is 298 Å². The number of aromatic nitrogens is 3. The number of amides is 3. The van der Waals surface area contributed by atoms with Gasteiger partial charge >= 0.3 is 12.0 Å². The minimum atomic E-state index is -1.06. The minimum Gasteiger partial charge on any atom is -0.458 e. The van der Waals surface area contributed by atoms with Gasteiger partial charge in [0.1, 0.15) is 17.5 Å². The number of unbranched alkanes of at least 4 members (excludes halogenated alkanes) is 1. The molecule has 12 nitrogen and oxygen atoms in total. The second-order valence-corrected chi connectivity index (χ2v) is 15.5. The zero-order valence-electron chi connectivity index (χ0n) is 30.6. The molecule has 3 amide bonds. The first-order valence-corrected chi connectivity index (χ1v) is 18.5. The van der Waals surface area contributed by atoms with E-state index in [0.29, 0.717) is 56.5 Å². The van der Waals surface area contributed by atoms with Gasteiger partial charge in [0.25, 0.3) is 0 Å². The Morgan fingerprint density at radius 1 is 1.02 bits per heavy atom. The molecule has 276 valence electrons. The number of urea groups is 1. The smallest absolute Gasteiger partial charge is 0.329 e. The number of hydrogen-bond acceptors (Lipinski definition) is 7. The number of likely N-dealkylation sites (tertiary alicyclic amines) is 2. The zero-order chi connectivity index (χ0) is 35.9. The van der Waals surface area contributed by atoms with E-state index < -0.39 is 29.1 Å². The Hall–Kier alpha value is -3.90. The lowest BCUT2D eigenvalue weighted by molar-refractivity contribution is -0.159. The van der Waals surface area contributed by atoms with Crippen LogP contribution >= 0.6 is 0 Å². The van der Waals surface area contributed by atoms with E-state index in [1.165, 1.54) is 19.3 Å². The lowest BCUT2D eigenvalue weighted by Crippen LogP contribution is -2.51. The van der Waals surface area contributed by atoms with E-state index in [1.54, 1.807) is 20.0 Å². The van der Waals surface area contributed by atoms with Crippen molar-refractivity contribution in [2.75, 3.05) is 32.7 Å². The van der Waals surface area contributed by atoms with Crippen molar-refractivity contribution in [3.63, 3.8) is 0 Å². The number of aromatic amines is 2. The predicted octanol–water partition coefficient (Wildman–Crippen LogP) is 5.31. The van der Waals surface area contributed by atoms with E-state index >= 15 is 0 Å². The highest BCUT2D eigenvalue weighted by atomic mass is 16.6. The van der Waals surface area contributed by atoms with E-state index in [9.17, 15) is 14.4 Å². The van der Waals surface area contributed by atoms with Crippen LogP contribution in [0.4, 0.5) is 4.79 Å². The topological polar surface area (TPSA) is 161 Å². The van der Waals surface area contributed by atoms with Gasteiger partial charge in [-0.15, -0.1) is 0 Å². The van der Waals surface area contributed by atoms with E-state index in [2.05, 4.69) is 31.6 Å². The fourth-order valence-corrected chi connectivity index (χ4v) is 7.10. The summed E-state index contributed by atoms with van der Waals surface area (Å²) < 4.78 is 5.64. The standard InChI is InChI=1S/C38H58N8O4.H2/c1-37(2,3)50-34(47)30(15-9-10-18-39)42-35(48)38(4,5)32-25-41-33(44-32)31(23-26-24-40-29-14-8-7-13-28(26)29)43-36(49)46-21-16-27(17-22-46)45-19-11-6-12-20-45;/h7-8,13-14,24-25,27,30-31,40H,6,9-12,15-23,39H2,1-5H3,(H,41,44)(H,42,48)(H,43,49);1H/t30-,31-;/m1./s1. The summed E-state index contributed by atoms with van der Waals surface area (Å²) in [5.41, 5.74) is 6.61. The largest absolute Gasteiger partial charge is 0.458 e. The number of carbonyl (C=O) groups excluding carboxylic acids is 3. The molecule has 2 atom stereocenters. The maximum absolute atomic E-state index is 13.8. The monoisotopic (exact) mass is 692 g/mol. The number of ether oxygens (including phenoxy) is 1. The number of carbonyl (C=O) groups is 3. The van der Waals surface area contributed by atoms with E-state index in [0.717, 1.165) is 48.8 Å². The number of fused-ring (bicyclic) bond motifs is 1. The third-order valence-electron chi connectivity index (χ3n) is 10.2. The molecule has 12 heteroatoms. The number of esters is 1. The molecule has 6 N–H and O–H groups in total. The fourth-order valence-electron chi connectivity index (χ4n) is 7.10. The molecule has 2 fully saturated rings. The molecule has 4 heterocycles. The van der Waals surface area contributed by atoms with Gasteiger partial charge in [0.2, 0.25) is 5.91 Å². The molecule has 0 saturated carbocycles. The number of para-hydroxylation sites is 1. The molecule has 3 aromatic rings. The number of hydrogen-bond donors (Lipinski definition) is 5. The Bertz CT molecular complexity index is 1580. The van der Waals surface area contributed by atoms with Crippen molar-refractivity contribution < 1.29 is 20.5 Å². The van der Waals surface area contributed by atoms with E-state index in [-0.39, 0.29) is 13.4 Å². The van der Waals surface area contributed by atoms with Crippen LogP contribution in [0.3, 0.4) is 0 Å². The first-order chi connectivity index (χ1) is 23.9. The molecule has 0 aliphatic carbocycles. The number of nitrogens with two attached hydrogens (primary N) is 1. The normalized spacial score (nSPS) is 17.8. The molecule has 0 bridgehead atoms. The second kappa shape index (κ2) is 16.4.